The van der Waals surface area contributed by atoms with E-state index < -0.39 is 5.91 Å². The summed E-state index contributed by atoms with van der Waals surface area (Å²) in [6, 6.07) is 5.53. The number of hydrogen-bond donors (Lipinski definition) is 0. The van der Waals surface area contributed by atoms with Crippen molar-refractivity contribution in [3.63, 3.8) is 0 Å². The van der Waals surface area contributed by atoms with Crippen LogP contribution in [0.5, 0.6) is 11.5 Å². The largest absolute Gasteiger partial charge is 0.495 e. The van der Waals surface area contributed by atoms with Gasteiger partial charge < -0.3 is 14.0 Å². The SMILES string of the molecule is C=CCn1c(=NC(=O)c2ccn(C(C)C)n2)sc2c(OC)ccc(OC)c21. The first-order valence-electron chi connectivity index (χ1n) is 8.49. The monoisotopic (exact) mass is 386 g/mol. The third kappa shape index (κ3) is 3.52. The predicted molar refractivity (Wildman–Crippen MR) is 106 cm³/mol. The minimum atomic E-state index is -0.392. The Hall–Kier alpha value is -2.87. The van der Waals surface area contributed by atoms with Gasteiger partial charge in [0.2, 0.25) is 0 Å². The molecule has 3 rings (SSSR count). The summed E-state index contributed by atoms with van der Waals surface area (Å²) in [5.41, 5.74) is 1.13. The molecule has 2 aromatic heterocycles. The lowest BCUT2D eigenvalue weighted by molar-refractivity contribution is 0.0992. The molecule has 0 bridgehead atoms. The van der Waals surface area contributed by atoms with Crippen molar-refractivity contribution in [2.45, 2.75) is 26.4 Å². The smallest absolute Gasteiger partial charge is 0.300 e. The van der Waals surface area contributed by atoms with Crippen molar-refractivity contribution in [1.82, 2.24) is 14.3 Å². The molecule has 0 saturated heterocycles. The zero-order chi connectivity index (χ0) is 19.6. The van der Waals surface area contributed by atoms with Crippen LogP contribution in [0, 0.1) is 0 Å². The third-order valence-corrected chi connectivity index (χ3v) is 5.15. The summed E-state index contributed by atoms with van der Waals surface area (Å²) in [4.78, 5) is 17.5. The maximum atomic E-state index is 12.7. The molecule has 2 heterocycles. The van der Waals surface area contributed by atoms with E-state index in [0.29, 0.717) is 28.5 Å². The molecule has 1 aromatic carbocycles. The molecule has 1 amide bonds. The van der Waals surface area contributed by atoms with Crippen molar-refractivity contribution in [2.24, 2.45) is 4.99 Å². The van der Waals surface area contributed by atoms with Gasteiger partial charge in [-0.2, -0.15) is 10.1 Å². The zero-order valence-corrected chi connectivity index (χ0v) is 16.6. The molecule has 8 heteroatoms. The van der Waals surface area contributed by atoms with Crippen LogP contribution in [0.4, 0.5) is 0 Å². The van der Waals surface area contributed by atoms with Crippen molar-refractivity contribution in [2.75, 3.05) is 14.2 Å². The number of aromatic nitrogens is 3. The molecule has 0 N–H and O–H groups in total. The van der Waals surface area contributed by atoms with Crippen molar-refractivity contribution in [3.05, 3.63) is 47.5 Å². The van der Waals surface area contributed by atoms with Gasteiger partial charge in [0.1, 0.15) is 21.7 Å². The maximum Gasteiger partial charge on any atom is 0.300 e. The van der Waals surface area contributed by atoms with Crippen molar-refractivity contribution in [1.29, 1.82) is 0 Å². The van der Waals surface area contributed by atoms with Gasteiger partial charge in [-0.25, -0.2) is 0 Å². The van der Waals surface area contributed by atoms with Crippen LogP contribution in [-0.4, -0.2) is 34.5 Å². The molecule has 0 unspecified atom stereocenters. The normalized spacial score (nSPS) is 12.0. The van der Waals surface area contributed by atoms with Gasteiger partial charge in [-0.3, -0.25) is 9.48 Å². The molecule has 0 aliphatic heterocycles. The van der Waals surface area contributed by atoms with E-state index in [0.717, 1.165) is 10.2 Å². The maximum absolute atomic E-state index is 12.7. The Labute approximate surface area is 161 Å². The van der Waals surface area contributed by atoms with Gasteiger partial charge in [0.15, 0.2) is 10.5 Å². The molecular weight excluding hydrogens is 364 g/mol. The predicted octanol–water partition coefficient (Wildman–Crippen LogP) is 3.42. The summed E-state index contributed by atoms with van der Waals surface area (Å²) in [5.74, 6) is 0.991. The Kier molecular flexibility index (Phi) is 5.46. The van der Waals surface area contributed by atoms with Crippen LogP contribution in [0.1, 0.15) is 30.4 Å². The second-order valence-corrected chi connectivity index (χ2v) is 7.10. The van der Waals surface area contributed by atoms with E-state index in [1.807, 2.05) is 30.5 Å². The summed E-state index contributed by atoms with van der Waals surface area (Å²) in [6.07, 6.45) is 3.53. The molecular formula is C19H22N4O3S. The van der Waals surface area contributed by atoms with Gasteiger partial charge in [-0.15, -0.1) is 6.58 Å². The van der Waals surface area contributed by atoms with Gasteiger partial charge in [0, 0.05) is 18.8 Å². The Bertz CT molecular complexity index is 1060. The van der Waals surface area contributed by atoms with E-state index in [9.17, 15) is 4.79 Å². The summed E-state index contributed by atoms with van der Waals surface area (Å²) >= 11 is 1.37. The molecule has 0 aliphatic carbocycles. The summed E-state index contributed by atoms with van der Waals surface area (Å²) in [6.45, 7) is 8.30. The highest BCUT2D eigenvalue weighted by molar-refractivity contribution is 7.16. The number of nitrogens with zero attached hydrogens (tertiary/aromatic N) is 4. The molecule has 27 heavy (non-hydrogen) atoms. The number of fused-ring (bicyclic) bond motifs is 1. The third-order valence-electron chi connectivity index (χ3n) is 4.06. The van der Waals surface area contributed by atoms with Crippen LogP contribution in [0.3, 0.4) is 0 Å². The van der Waals surface area contributed by atoms with Crippen LogP contribution in [0.15, 0.2) is 42.0 Å². The van der Waals surface area contributed by atoms with E-state index in [2.05, 4.69) is 16.7 Å². The van der Waals surface area contributed by atoms with Gasteiger partial charge in [0.05, 0.1) is 14.2 Å². The van der Waals surface area contributed by atoms with E-state index in [1.54, 1.807) is 37.2 Å². The molecule has 0 saturated carbocycles. The number of carbonyl (C=O) groups excluding carboxylic acids is 1. The number of rotatable bonds is 6. The highest BCUT2D eigenvalue weighted by Gasteiger charge is 2.17. The first kappa shape index (κ1) is 18.9. The molecule has 0 fully saturated rings. The Morgan fingerprint density at radius 1 is 1.30 bits per heavy atom. The van der Waals surface area contributed by atoms with Gasteiger partial charge >= 0.3 is 0 Å². The Balaban J connectivity index is 2.20. The minimum Gasteiger partial charge on any atom is -0.495 e. The van der Waals surface area contributed by atoms with Crippen LogP contribution >= 0.6 is 11.3 Å². The summed E-state index contributed by atoms with van der Waals surface area (Å²) in [7, 11) is 3.22. The van der Waals surface area contributed by atoms with Gasteiger partial charge in [-0.05, 0) is 32.0 Å². The first-order chi connectivity index (χ1) is 13.0. The fourth-order valence-corrected chi connectivity index (χ4v) is 3.87. The average molecular weight is 386 g/mol. The first-order valence-corrected chi connectivity index (χ1v) is 9.31. The van der Waals surface area contributed by atoms with Gasteiger partial charge in [0.25, 0.3) is 5.91 Å². The summed E-state index contributed by atoms with van der Waals surface area (Å²) < 4.78 is 15.5. The lowest BCUT2D eigenvalue weighted by atomic mass is 10.3. The van der Waals surface area contributed by atoms with Crippen LogP contribution in [-0.2, 0) is 6.54 Å². The zero-order valence-electron chi connectivity index (χ0n) is 15.8. The number of ether oxygens (including phenoxy) is 2. The lowest BCUT2D eigenvalue weighted by Crippen LogP contribution is -2.17. The highest BCUT2D eigenvalue weighted by Crippen LogP contribution is 2.35. The second kappa shape index (κ2) is 7.79. The lowest BCUT2D eigenvalue weighted by Gasteiger charge is -2.08. The Morgan fingerprint density at radius 2 is 2.00 bits per heavy atom. The molecule has 142 valence electrons. The number of methoxy groups -OCH3 is 2. The minimum absolute atomic E-state index is 0.176. The number of thiazole rings is 1. The molecule has 0 atom stereocenters. The Morgan fingerprint density at radius 3 is 2.59 bits per heavy atom. The molecule has 0 spiro atoms. The standard InChI is InChI=1S/C19H22N4O3S/c1-6-10-22-16-14(25-4)7-8-15(26-5)17(16)27-19(22)20-18(24)13-9-11-23(21-13)12(2)3/h6-9,11-12H,1,10H2,2-5H3. The fraction of sp³-hybridized carbons (Fsp3) is 0.316. The van der Waals surface area contributed by atoms with E-state index in [4.69, 9.17) is 9.47 Å². The molecule has 0 aliphatic rings. The van der Waals surface area contributed by atoms with Crippen LogP contribution in [0.25, 0.3) is 10.2 Å². The van der Waals surface area contributed by atoms with Crippen molar-refractivity contribution >= 4 is 27.5 Å². The highest BCUT2D eigenvalue weighted by atomic mass is 32.1. The number of amides is 1. The number of carbonyl (C=O) groups is 1. The second-order valence-electron chi connectivity index (χ2n) is 6.12. The average Bonchev–Trinajstić information content (AvgIpc) is 3.27. The van der Waals surface area contributed by atoms with E-state index in [-0.39, 0.29) is 6.04 Å². The number of benzene rings is 1. The van der Waals surface area contributed by atoms with Gasteiger partial charge in [-0.1, -0.05) is 17.4 Å². The molecule has 0 radical (unpaired) electrons. The van der Waals surface area contributed by atoms with Crippen LogP contribution < -0.4 is 14.3 Å². The van der Waals surface area contributed by atoms with Crippen molar-refractivity contribution in [3.8, 4) is 11.5 Å². The summed E-state index contributed by atoms with van der Waals surface area (Å²) in [5, 5.41) is 4.30. The number of allylic oxidation sites excluding steroid dienone is 1. The fourth-order valence-electron chi connectivity index (χ4n) is 2.72. The van der Waals surface area contributed by atoms with E-state index >= 15 is 0 Å². The molecule has 3 aromatic rings. The van der Waals surface area contributed by atoms with E-state index in [1.165, 1.54) is 11.3 Å². The van der Waals surface area contributed by atoms with Crippen LogP contribution in [0.2, 0.25) is 0 Å². The molecule has 7 nitrogen and oxygen atoms in total. The topological polar surface area (TPSA) is 70.6 Å². The quantitative estimate of drug-likeness (QED) is 0.609. The number of hydrogen-bond acceptors (Lipinski definition) is 5. The van der Waals surface area contributed by atoms with Crippen molar-refractivity contribution < 1.29 is 14.3 Å².